The van der Waals surface area contributed by atoms with Crippen molar-refractivity contribution in [2.24, 2.45) is 5.92 Å². The average Bonchev–Trinajstić information content (AvgIpc) is 2.29. The van der Waals surface area contributed by atoms with E-state index >= 15 is 0 Å². The lowest BCUT2D eigenvalue weighted by Crippen LogP contribution is -2.31. The minimum absolute atomic E-state index is 0.488. The predicted octanol–water partition coefficient (Wildman–Crippen LogP) is 2.97. The van der Waals surface area contributed by atoms with Crippen LogP contribution < -0.4 is 5.32 Å². The monoisotopic (exact) mass is 233 g/mol. The van der Waals surface area contributed by atoms with Crippen molar-refractivity contribution in [2.75, 3.05) is 6.54 Å². The standard InChI is InChI=1S/C15H23NO/c1-11-4-9-14(16-10-11)12-5-7-13(8-6-12)15(2,3)17/h5-8,11,14,16-17H,4,9-10H2,1-3H3/t11-,14+/m0/s1. The molecule has 0 spiro atoms. The zero-order valence-electron chi connectivity index (χ0n) is 11.0. The second-order valence-electron chi connectivity index (χ2n) is 5.82. The first kappa shape index (κ1) is 12.6. The largest absolute Gasteiger partial charge is 0.386 e. The van der Waals surface area contributed by atoms with E-state index in [4.69, 9.17) is 0 Å². The summed E-state index contributed by atoms with van der Waals surface area (Å²) >= 11 is 0. The van der Waals surface area contributed by atoms with Crippen molar-refractivity contribution in [1.82, 2.24) is 5.32 Å². The van der Waals surface area contributed by atoms with Crippen LogP contribution in [-0.2, 0) is 5.60 Å². The van der Waals surface area contributed by atoms with Gasteiger partial charge in [0.2, 0.25) is 0 Å². The van der Waals surface area contributed by atoms with Crippen LogP contribution in [0.15, 0.2) is 24.3 Å². The average molecular weight is 233 g/mol. The quantitative estimate of drug-likeness (QED) is 0.823. The summed E-state index contributed by atoms with van der Waals surface area (Å²) in [6, 6.07) is 8.84. The summed E-state index contributed by atoms with van der Waals surface area (Å²) in [5.74, 6) is 0.793. The van der Waals surface area contributed by atoms with Crippen LogP contribution in [-0.4, -0.2) is 11.7 Å². The molecule has 0 saturated carbocycles. The molecule has 17 heavy (non-hydrogen) atoms. The third kappa shape index (κ3) is 3.08. The van der Waals surface area contributed by atoms with Crippen LogP contribution in [0.4, 0.5) is 0 Å². The van der Waals surface area contributed by atoms with E-state index in [2.05, 4.69) is 24.4 Å². The van der Waals surface area contributed by atoms with Gasteiger partial charge >= 0.3 is 0 Å². The van der Waals surface area contributed by atoms with E-state index in [0.717, 1.165) is 18.0 Å². The Morgan fingerprint density at radius 3 is 2.29 bits per heavy atom. The van der Waals surface area contributed by atoms with Gasteiger partial charge in [-0.2, -0.15) is 0 Å². The molecule has 1 aliphatic heterocycles. The Hall–Kier alpha value is -0.860. The van der Waals surface area contributed by atoms with Crippen LogP contribution in [0.5, 0.6) is 0 Å². The molecule has 2 rings (SSSR count). The number of aliphatic hydroxyl groups is 1. The Morgan fingerprint density at radius 1 is 1.18 bits per heavy atom. The van der Waals surface area contributed by atoms with E-state index in [1.165, 1.54) is 18.4 Å². The fourth-order valence-corrected chi connectivity index (χ4v) is 2.41. The maximum atomic E-state index is 9.91. The van der Waals surface area contributed by atoms with Crippen LogP contribution in [0.2, 0.25) is 0 Å². The van der Waals surface area contributed by atoms with Crippen LogP contribution >= 0.6 is 0 Å². The van der Waals surface area contributed by atoms with Gasteiger partial charge in [-0.25, -0.2) is 0 Å². The Bertz CT molecular complexity index is 356. The van der Waals surface area contributed by atoms with Crippen LogP contribution in [0, 0.1) is 5.92 Å². The first-order chi connectivity index (χ1) is 7.97. The molecule has 0 unspecified atom stereocenters. The molecule has 1 aromatic carbocycles. The fraction of sp³-hybridized carbons (Fsp3) is 0.600. The van der Waals surface area contributed by atoms with E-state index in [1.54, 1.807) is 0 Å². The van der Waals surface area contributed by atoms with Crippen LogP contribution in [0.25, 0.3) is 0 Å². The number of hydrogen-bond donors (Lipinski definition) is 2. The van der Waals surface area contributed by atoms with Crippen molar-refractivity contribution in [3.63, 3.8) is 0 Å². The first-order valence-electron chi connectivity index (χ1n) is 6.53. The van der Waals surface area contributed by atoms with Crippen LogP contribution in [0.1, 0.15) is 50.8 Å². The number of benzene rings is 1. The number of nitrogens with one attached hydrogen (secondary N) is 1. The predicted molar refractivity (Wildman–Crippen MR) is 70.8 cm³/mol. The van der Waals surface area contributed by atoms with Crippen LogP contribution in [0.3, 0.4) is 0 Å². The molecule has 0 aliphatic carbocycles. The lowest BCUT2D eigenvalue weighted by Gasteiger charge is -2.28. The number of rotatable bonds is 2. The SMILES string of the molecule is C[C@H]1CC[C@H](c2ccc(C(C)(C)O)cc2)NC1. The molecule has 2 N–H and O–H groups in total. The summed E-state index contributed by atoms with van der Waals surface area (Å²) in [5.41, 5.74) is 1.57. The third-order valence-corrected chi connectivity index (χ3v) is 3.68. The molecule has 1 saturated heterocycles. The van der Waals surface area contributed by atoms with E-state index in [-0.39, 0.29) is 0 Å². The van der Waals surface area contributed by atoms with Crippen molar-refractivity contribution < 1.29 is 5.11 Å². The van der Waals surface area contributed by atoms with Crippen molar-refractivity contribution in [3.8, 4) is 0 Å². The second-order valence-corrected chi connectivity index (χ2v) is 5.82. The Labute approximate surface area is 104 Å². The molecule has 94 valence electrons. The van der Waals surface area contributed by atoms with E-state index in [0.29, 0.717) is 6.04 Å². The minimum Gasteiger partial charge on any atom is -0.386 e. The normalized spacial score (nSPS) is 25.9. The van der Waals surface area contributed by atoms with Crippen molar-refractivity contribution in [2.45, 2.75) is 45.3 Å². The summed E-state index contributed by atoms with van der Waals surface area (Å²) in [5, 5.41) is 13.5. The minimum atomic E-state index is -0.743. The van der Waals surface area contributed by atoms with Gasteiger partial charge in [-0.3, -0.25) is 0 Å². The van der Waals surface area contributed by atoms with Gasteiger partial charge in [0.05, 0.1) is 5.60 Å². The van der Waals surface area contributed by atoms with E-state index < -0.39 is 5.60 Å². The molecule has 0 amide bonds. The first-order valence-corrected chi connectivity index (χ1v) is 6.53. The topological polar surface area (TPSA) is 32.3 Å². The molecule has 0 bridgehead atoms. The summed E-state index contributed by atoms with van der Waals surface area (Å²) < 4.78 is 0. The van der Waals surface area contributed by atoms with Gasteiger partial charge in [0, 0.05) is 6.04 Å². The summed E-state index contributed by atoms with van der Waals surface area (Å²) in [6.45, 7) is 7.05. The Balaban J connectivity index is 2.08. The summed E-state index contributed by atoms with van der Waals surface area (Å²) in [4.78, 5) is 0. The molecule has 2 atom stereocenters. The number of hydrogen-bond acceptors (Lipinski definition) is 2. The highest BCUT2D eigenvalue weighted by atomic mass is 16.3. The zero-order valence-corrected chi connectivity index (χ0v) is 11.0. The van der Waals surface area contributed by atoms with Crippen molar-refractivity contribution >= 4 is 0 Å². The molecule has 2 nitrogen and oxygen atoms in total. The number of piperidine rings is 1. The Morgan fingerprint density at radius 2 is 1.82 bits per heavy atom. The maximum Gasteiger partial charge on any atom is 0.0840 e. The molecule has 0 radical (unpaired) electrons. The molecule has 1 aliphatic rings. The van der Waals surface area contributed by atoms with Crippen molar-refractivity contribution in [3.05, 3.63) is 35.4 Å². The van der Waals surface area contributed by atoms with Gasteiger partial charge in [0.1, 0.15) is 0 Å². The third-order valence-electron chi connectivity index (χ3n) is 3.68. The lowest BCUT2D eigenvalue weighted by molar-refractivity contribution is 0.0785. The lowest BCUT2D eigenvalue weighted by atomic mass is 9.90. The molecule has 1 fully saturated rings. The highest BCUT2D eigenvalue weighted by molar-refractivity contribution is 5.28. The van der Waals surface area contributed by atoms with E-state index in [9.17, 15) is 5.11 Å². The van der Waals surface area contributed by atoms with Gasteiger partial charge in [0.25, 0.3) is 0 Å². The van der Waals surface area contributed by atoms with Gasteiger partial charge in [-0.1, -0.05) is 31.2 Å². The zero-order chi connectivity index (χ0) is 12.5. The maximum absolute atomic E-state index is 9.91. The molecular formula is C15H23NO. The Kier molecular flexibility index (Phi) is 3.55. The highest BCUT2D eigenvalue weighted by Crippen LogP contribution is 2.27. The van der Waals surface area contributed by atoms with Gasteiger partial charge in [0.15, 0.2) is 0 Å². The molecule has 1 heterocycles. The fourth-order valence-electron chi connectivity index (χ4n) is 2.41. The van der Waals surface area contributed by atoms with E-state index in [1.807, 2.05) is 26.0 Å². The molecule has 0 aromatic heterocycles. The smallest absolute Gasteiger partial charge is 0.0840 e. The second kappa shape index (κ2) is 4.79. The summed E-state index contributed by atoms with van der Waals surface area (Å²) in [6.07, 6.45) is 2.51. The van der Waals surface area contributed by atoms with Gasteiger partial charge < -0.3 is 10.4 Å². The highest BCUT2D eigenvalue weighted by Gasteiger charge is 2.20. The van der Waals surface area contributed by atoms with Gasteiger partial charge in [-0.15, -0.1) is 0 Å². The van der Waals surface area contributed by atoms with Gasteiger partial charge in [-0.05, 0) is 50.3 Å². The van der Waals surface area contributed by atoms with Crippen molar-refractivity contribution in [1.29, 1.82) is 0 Å². The molecular weight excluding hydrogens is 210 g/mol. The molecule has 1 aromatic rings. The molecule has 2 heteroatoms. The summed E-state index contributed by atoms with van der Waals surface area (Å²) in [7, 11) is 0.